The fraction of sp³-hybridized carbons (Fsp3) is 0.714. The first-order chi connectivity index (χ1) is 8.34. The van der Waals surface area contributed by atoms with Crippen LogP contribution in [0, 0.1) is 13.8 Å². The second-order valence-corrected chi connectivity index (χ2v) is 5.35. The van der Waals surface area contributed by atoms with E-state index in [-0.39, 0.29) is 18.0 Å². The molecule has 4 heteroatoms. The molecule has 0 spiro atoms. The van der Waals surface area contributed by atoms with Crippen molar-refractivity contribution in [3.05, 3.63) is 17.7 Å². The first kappa shape index (κ1) is 14.7. The van der Waals surface area contributed by atoms with Gasteiger partial charge in [0.05, 0.1) is 12.0 Å². The SMILES string of the molecule is Cc1ncn(CCC(=O)N(C(C)C)C(C)C)c1C. The van der Waals surface area contributed by atoms with Crippen LogP contribution in [0.25, 0.3) is 0 Å². The van der Waals surface area contributed by atoms with Gasteiger partial charge in [0.1, 0.15) is 0 Å². The highest BCUT2D eigenvalue weighted by atomic mass is 16.2. The summed E-state index contributed by atoms with van der Waals surface area (Å²) in [5.74, 6) is 0.214. The number of hydrogen-bond acceptors (Lipinski definition) is 2. The normalized spacial score (nSPS) is 11.3. The largest absolute Gasteiger partial charge is 0.338 e. The molecule has 1 aromatic heterocycles. The molecule has 4 nitrogen and oxygen atoms in total. The van der Waals surface area contributed by atoms with E-state index in [4.69, 9.17) is 0 Å². The molecule has 0 saturated heterocycles. The molecule has 1 rings (SSSR count). The van der Waals surface area contributed by atoms with E-state index < -0.39 is 0 Å². The minimum absolute atomic E-state index is 0.214. The van der Waals surface area contributed by atoms with Crippen molar-refractivity contribution in [3.63, 3.8) is 0 Å². The number of hydrogen-bond donors (Lipinski definition) is 0. The quantitative estimate of drug-likeness (QED) is 0.806. The zero-order valence-electron chi connectivity index (χ0n) is 12.4. The minimum Gasteiger partial charge on any atom is -0.338 e. The Kier molecular flexibility index (Phi) is 4.93. The van der Waals surface area contributed by atoms with Crippen molar-refractivity contribution in [3.8, 4) is 0 Å². The van der Waals surface area contributed by atoms with Crippen LogP contribution in [-0.4, -0.2) is 32.4 Å². The van der Waals surface area contributed by atoms with Crippen molar-refractivity contribution in [2.75, 3.05) is 0 Å². The summed E-state index contributed by atoms with van der Waals surface area (Å²) in [7, 11) is 0. The molecule has 0 fully saturated rings. The van der Waals surface area contributed by atoms with Crippen LogP contribution >= 0.6 is 0 Å². The molecule has 0 atom stereocenters. The van der Waals surface area contributed by atoms with E-state index in [2.05, 4.69) is 32.7 Å². The molecule has 0 saturated carbocycles. The lowest BCUT2D eigenvalue weighted by Gasteiger charge is -2.31. The van der Waals surface area contributed by atoms with Gasteiger partial charge >= 0.3 is 0 Å². The Hall–Kier alpha value is -1.32. The second-order valence-electron chi connectivity index (χ2n) is 5.35. The fourth-order valence-corrected chi connectivity index (χ4v) is 2.29. The minimum atomic E-state index is 0.214. The van der Waals surface area contributed by atoms with Crippen molar-refractivity contribution < 1.29 is 4.79 Å². The van der Waals surface area contributed by atoms with Crippen LogP contribution in [0.4, 0.5) is 0 Å². The van der Waals surface area contributed by atoms with E-state index in [1.54, 1.807) is 0 Å². The number of aromatic nitrogens is 2. The van der Waals surface area contributed by atoms with Gasteiger partial charge in [-0.05, 0) is 41.5 Å². The summed E-state index contributed by atoms with van der Waals surface area (Å²) in [4.78, 5) is 18.4. The summed E-state index contributed by atoms with van der Waals surface area (Å²) in [5, 5.41) is 0. The van der Waals surface area contributed by atoms with Crippen molar-refractivity contribution >= 4 is 5.91 Å². The van der Waals surface area contributed by atoms with Crippen LogP contribution in [0.3, 0.4) is 0 Å². The summed E-state index contributed by atoms with van der Waals surface area (Å²) in [5.41, 5.74) is 2.18. The van der Waals surface area contributed by atoms with Gasteiger partial charge in [0.15, 0.2) is 0 Å². The zero-order chi connectivity index (χ0) is 13.9. The van der Waals surface area contributed by atoms with Gasteiger partial charge in [-0.1, -0.05) is 0 Å². The fourth-order valence-electron chi connectivity index (χ4n) is 2.29. The van der Waals surface area contributed by atoms with Crippen LogP contribution in [-0.2, 0) is 11.3 Å². The molecule has 0 bridgehead atoms. The Morgan fingerprint density at radius 1 is 1.28 bits per heavy atom. The van der Waals surface area contributed by atoms with E-state index >= 15 is 0 Å². The predicted molar refractivity (Wildman–Crippen MR) is 73.4 cm³/mol. The van der Waals surface area contributed by atoms with Crippen molar-refractivity contribution in [2.24, 2.45) is 0 Å². The van der Waals surface area contributed by atoms with Gasteiger partial charge in [0.25, 0.3) is 0 Å². The van der Waals surface area contributed by atoms with Gasteiger partial charge in [0, 0.05) is 30.7 Å². The van der Waals surface area contributed by atoms with Crippen LogP contribution in [0.1, 0.15) is 45.5 Å². The molecule has 0 radical (unpaired) electrons. The highest BCUT2D eigenvalue weighted by Gasteiger charge is 2.19. The van der Waals surface area contributed by atoms with Crippen LogP contribution in [0.5, 0.6) is 0 Å². The summed E-state index contributed by atoms with van der Waals surface area (Å²) < 4.78 is 2.05. The molecule has 0 aliphatic heterocycles. The molecule has 1 aromatic rings. The van der Waals surface area contributed by atoms with E-state index in [0.717, 1.165) is 11.4 Å². The molecular weight excluding hydrogens is 226 g/mol. The number of carbonyl (C=O) groups excluding carboxylic acids is 1. The van der Waals surface area contributed by atoms with Gasteiger partial charge in [-0.25, -0.2) is 4.98 Å². The topological polar surface area (TPSA) is 38.1 Å². The highest BCUT2D eigenvalue weighted by Crippen LogP contribution is 2.10. The van der Waals surface area contributed by atoms with Crippen molar-refractivity contribution in [1.29, 1.82) is 0 Å². The monoisotopic (exact) mass is 251 g/mol. The third-order valence-electron chi connectivity index (χ3n) is 3.31. The van der Waals surface area contributed by atoms with Crippen molar-refractivity contribution in [1.82, 2.24) is 14.5 Å². The van der Waals surface area contributed by atoms with E-state index in [0.29, 0.717) is 13.0 Å². The van der Waals surface area contributed by atoms with Gasteiger partial charge < -0.3 is 9.47 Å². The molecule has 0 aliphatic carbocycles. The number of carbonyl (C=O) groups is 1. The average molecular weight is 251 g/mol. The Bertz CT molecular complexity index is 399. The number of aryl methyl sites for hydroxylation is 2. The molecule has 1 amide bonds. The lowest BCUT2D eigenvalue weighted by atomic mass is 10.2. The van der Waals surface area contributed by atoms with Gasteiger partial charge in [-0.15, -0.1) is 0 Å². The third kappa shape index (κ3) is 3.34. The maximum atomic E-state index is 12.2. The Labute approximate surface area is 110 Å². The smallest absolute Gasteiger partial charge is 0.224 e. The van der Waals surface area contributed by atoms with Gasteiger partial charge in [0.2, 0.25) is 5.91 Å². The summed E-state index contributed by atoms with van der Waals surface area (Å²) >= 11 is 0. The van der Waals surface area contributed by atoms with Crippen LogP contribution in [0.15, 0.2) is 6.33 Å². The molecule has 0 N–H and O–H groups in total. The first-order valence-electron chi connectivity index (χ1n) is 6.64. The lowest BCUT2D eigenvalue weighted by Crippen LogP contribution is -2.42. The summed E-state index contributed by atoms with van der Waals surface area (Å²) in [6.07, 6.45) is 2.35. The summed E-state index contributed by atoms with van der Waals surface area (Å²) in [6, 6.07) is 0.506. The number of imidazole rings is 1. The molecule has 18 heavy (non-hydrogen) atoms. The maximum Gasteiger partial charge on any atom is 0.224 e. The highest BCUT2D eigenvalue weighted by molar-refractivity contribution is 5.76. The molecular formula is C14H25N3O. The summed E-state index contributed by atoms with van der Waals surface area (Å²) in [6.45, 7) is 13.0. The number of amides is 1. The van der Waals surface area contributed by atoms with E-state index in [9.17, 15) is 4.79 Å². The Balaban J connectivity index is 2.63. The molecule has 0 aromatic carbocycles. The molecule has 1 heterocycles. The van der Waals surface area contributed by atoms with E-state index in [1.165, 1.54) is 0 Å². The third-order valence-corrected chi connectivity index (χ3v) is 3.31. The van der Waals surface area contributed by atoms with E-state index in [1.807, 2.05) is 29.6 Å². The standard InChI is InChI=1S/C14H25N3O/c1-10(2)17(11(3)4)14(18)7-8-16-9-15-12(5)13(16)6/h9-11H,7-8H2,1-6H3. The van der Waals surface area contributed by atoms with Crippen molar-refractivity contribution in [2.45, 2.75) is 66.6 Å². The lowest BCUT2D eigenvalue weighted by molar-refractivity contribution is -0.135. The average Bonchev–Trinajstić information content (AvgIpc) is 2.56. The van der Waals surface area contributed by atoms with Crippen LogP contribution < -0.4 is 0 Å². The molecule has 0 aliphatic rings. The molecule has 0 unspecified atom stereocenters. The maximum absolute atomic E-state index is 12.2. The zero-order valence-corrected chi connectivity index (χ0v) is 12.4. The Morgan fingerprint density at radius 3 is 2.22 bits per heavy atom. The van der Waals surface area contributed by atoms with Gasteiger partial charge in [-0.2, -0.15) is 0 Å². The molecule has 102 valence electrons. The second kappa shape index (κ2) is 6.03. The Morgan fingerprint density at radius 2 is 1.83 bits per heavy atom. The predicted octanol–water partition coefficient (Wildman–Crippen LogP) is 2.54. The first-order valence-corrected chi connectivity index (χ1v) is 6.64. The van der Waals surface area contributed by atoms with Crippen LogP contribution in [0.2, 0.25) is 0 Å². The number of nitrogens with zero attached hydrogens (tertiary/aromatic N) is 3. The van der Waals surface area contributed by atoms with Gasteiger partial charge in [-0.3, -0.25) is 4.79 Å². The number of rotatable bonds is 5.